The molecule has 0 saturated carbocycles. The number of nitrogens with one attached hydrogen (secondary N) is 2. The summed E-state index contributed by atoms with van der Waals surface area (Å²) >= 11 is 0. The standard InChI is InChI=1S/C7H12N4O/c1-9-6-4-5(2-3-8)10-7(12)11-6/h4H,2-3,8H2,1H3,(H2,9,10,11,12). The molecule has 0 aliphatic carbocycles. The summed E-state index contributed by atoms with van der Waals surface area (Å²) in [5, 5.41) is 2.79. The lowest BCUT2D eigenvalue weighted by molar-refractivity contribution is 0.892. The Balaban J connectivity index is 2.98. The average Bonchev–Trinajstić information content (AvgIpc) is 2.04. The number of hydrogen-bond donors (Lipinski definition) is 3. The highest BCUT2D eigenvalue weighted by molar-refractivity contribution is 5.33. The van der Waals surface area contributed by atoms with Gasteiger partial charge in [-0.25, -0.2) is 4.79 Å². The number of H-pyrrole nitrogens is 1. The van der Waals surface area contributed by atoms with E-state index >= 15 is 0 Å². The maximum atomic E-state index is 10.9. The summed E-state index contributed by atoms with van der Waals surface area (Å²) in [6, 6.07) is 1.77. The van der Waals surface area contributed by atoms with Crippen molar-refractivity contribution in [2.45, 2.75) is 6.42 Å². The third-order valence-electron chi connectivity index (χ3n) is 1.47. The molecule has 0 saturated heterocycles. The first-order valence-corrected chi connectivity index (χ1v) is 3.74. The van der Waals surface area contributed by atoms with Gasteiger partial charge in [-0.2, -0.15) is 4.98 Å². The summed E-state index contributed by atoms with van der Waals surface area (Å²) in [5.74, 6) is 0.571. The fourth-order valence-electron chi connectivity index (χ4n) is 0.926. The number of rotatable bonds is 3. The van der Waals surface area contributed by atoms with E-state index in [-0.39, 0.29) is 5.69 Å². The molecule has 1 aromatic rings. The highest BCUT2D eigenvalue weighted by atomic mass is 16.1. The third-order valence-corrected chi connectivity index (χ3v) is 1.47. The van der Waals surface area contributed by atoms with E-state index in [1.807, 2.05) is 0 Å². The minimum absolute atomic E-state index is 0.342. The van der Waals surface area contributed by atoms with Gasteiger partial charge in [0.15, 0.2) is 0 Å². The van der Waals surface area contributed by atoms with Crippen molar-refractivity contribution in [2.75, 3.05) is 18.9 Å². The van der Waals surface area contributed by atoms with Gasteiger partial charge in [-0.15, -0.1) is 0 Å². The molecule has 1 rings (SSSR count). The maximum Gasteiger partial charge on any atom is 0.347 e. The van der Waals surface area contributed by atoms with Gasteiger partial charge in [0.2, 0.25) is 0 Å². The van der Waals surface area contributed by atoms with Gasteiger partial charge >= 0.3 is 5.69 Å². The smallest absolute Gasteiger partial charge is 0.347 e. The van der Waals surface area contributed by atoms with E-state index < -0.39 is 0 Å². The predicted molar refractivity (Wildman–Crippen MR) is 47.2 cm³/mol. The summed E-state index contributed by atoms with van der Waals surface area (Å²) in [6.07, 6.45) is 0.659. The van der Waals surface area contributed by atoms with E-state index in [1.165, 1.54) is 0 Å². The summed E-state index contributed by atoms with van der Waals surface area (Å²) in [6.45, 7) is 0.517. The zero-order valence-electron chi connectivity index (χ0n) is 6.92. The predicted octanol–water partition coefficient (Wildman–Crippen LogP) is -0.687. The summed E-state index contributed by atoms with van der Waals surface area (Å²) in [4.78, 5) is 17.2. The average molecular weight is 168 g/mol. The first-order valence-electron chi connectivity index (χ1n) is 3.74. The zero-order valence-corrected chi connectivity index (χ0v) is 6.92. The monoisotopic (exact) mass is 168 g/mol. The zero-order chi connectivity index (χ0) is 8.97. The number of nitrogens with zero attached hydrogens (tertiary/aromatic N) is 1. The Kier molecular flexibility index (Phi) is 2.82. The lowest BCUT2D eigenvalue weighted by atomic mass is 10.3. The second-order valence-electron chi connectivity index (χ2n) is 2.39. The van der Waals surface area contributed by atoms with Crippen LogP contribution in [0.25, 0.3) is 0 Å². The van der Waals surface area contributed by atoms with Gasteiger partial charge in [0, 0.05) is 25.2 Å². The second kappa shape index (κ2) is 3.87. The van der Waals surface area contributed by atoms with E-state index in [2.05, 4.69) is 15.3 Å². The first kappa shape index (κ1) is 8.73. The number of hydrogen-bond acceptors (Lipinski definition) is 4. The van der Waals surface area contributed by atoms with Crippen LogP contribution in [0.1, 0.15) is 5.69 Å². The van der Waals surface area contributed by atoms with E-state index in [0.29, 0.717) is 18.8 Å². The van der Waals surface area contributed by atoms with Crippen LogP contribution in [0.3, 0.4) is 0 Å². The molecule has 5 nitrogen and oxygen atoms in total. The highest BCUT2D eigenvalue weighted by Crippen LogP contribution is 1.99. The summed E-state index contributed by atoms with van der Waals surface area (Å²) < 4.78 is 0. The maximum absolute atomic E-state index is 10.9. The number of nitrogens with two attached hydrogens (primary N) is 1. The SMILES string of the molecule is CNc1cc(CCN)[nH]c(=O)n1. The topological polar surface area (TPSA) is 83.8 Å². The van der Waals surface area contributed by atoms with Crippen molar-refractivity contribution in [2.24, 2.45) is 5.73 Å². The number of anilines is 1. The Morgan fingerprint density at radius 2 is 2.50 bits per heavy atom. The molecule has 0 fully saturated rings. The van der Waals surface area contributed by atoms with Gasteiger partial charge in [-0.3, -0.25) is 0 Å². The van der Waals surface area contributed by atoms with Crippen LogP contribution in [0.2, 0.25) is 0 Å². The highest BCUT2D eigenvalue weighted by Gasteiger charge is 1.97. The molecular formula is C7H12N4O. The Bertz CT molecular complexity index is 307. The largest absolute Gasteiger partial charge is 0.373 e. The van der Waals surface area contributed by atoms with Gasteiger partial charge in [0.25, 0.3) is 0 Å². The summed E-state index contributed by atoms with van der Waals surface area (Å²) in [7, 11) is 1.72. The van der Waals surface area contributed by atoms with Crippen molar-refractivity contribution in [1.82, 2.24) is 9.97 Å². The van der Waals surface area contributed by atoms with Crippen molar-refractivity contribution in [3.8, 4) is 0 Å². The molecule has 1 heterocycles. The molecule has 5 heteroatoms. The second-order valence-corrected chi connectivity index (χ2v) is 2.39. The van der Waals surface area contributed by atoms with E-state index in [0.717, 1.165) is 5.69 Å². The van der Waals surface area contributed by atoms with Gasteiger partial charge in [-0.1, -0.05) is 0 Å². The van der Waals surface area contributed by atoms with Crippen molar-refractivity contribution in [3.05, 3.63) is 22.2 Å². The molecule has 0 aliphatic rings. The Morgan fingerprint density at radius 1 is 1.75 bits per heavy atom. The van der Waals surface area contributed by atoms with Crippen LogP contribution in [-0.2, 0) is 6.42 Å². The van der Waals surface area contributed by atoms with E-state index in [4.69, 9.17) is 5.73 Å². The molecule has 66 valence electrons. The molecular weight excluding hydrogens is 156 g/mol. The Labute approximate surface area is 70.0 Å². The van der Waals surface area contributed by atoms with Crippen LogP contribution in [0.5, 0.6) is 0 Å². The fraction of sp³-hybridized carbons (Fsp3) is 0.429. The fourth-order valence-corrected chi connectivity index (χ4v) is 0.926. The molecule has 0 aliphatic heterocycles. The minimum atomic E-state index is -0.342. The van der Waals surface area contributed by atoms with Crippen molar-refractivity contribution < 1.29 is 0 Å². The van der Waals surface area contributed by atoms with E-state index in [9.17, 15) is 4.79 Å². The van der Waals surface area contributed by atoms with Crippen LogP contribution >= 0.6 is 0 Å². The molecule has 0 bridgehead atoms. The Hall–Kier alpha value is -1.36. The van der Waals surface area contributed by atoms with Crippen LogP contribution in [-0.4, -0.2) is 23.6 Å². The molecule has 4 N–H and O–H groups in total. The van der Waals surface area contributed by atoms with E-state index in [1.54, 1.807) is 13.1 Å². The molecule has 12 heavy (non-hydrogen) atoms. The molecule has 0 aromatic carbocycles. The van der Waals surface area contributed by atoms with Crippen molar-refractivity contribution >= 4 is 5.82 Å². The molecule has 0 unspecified atom stereocenters. The van der Waals surface area contributed by atoms with Crippen LogP contribution in [0.15, 0.2) is 10.9 Å². The van der Waals surface area contributed by atoms with Crippen LogP contribution < -0.4 is 16.7 Å². The van der Waals surface area contributed by atoms with Gasteiger partial charge < -0.3 is 16.0 Å². The molecule has 0 radical (unpaired) electrons. The van der Waals surface area contributed by atoms with Gasteiger partial charge in [0.1, 0.15) is 5.82 Å². The lowest BCUT2D eigenvalue weighted by Crippen LogP contribution is -2.16. The summed E-state index contributed by atoms with van der Waals surface area (Å²) in [5.41, 5.74) is 5.80. The molecule has 0 atom stereocenters. The van der Waals surface area contributed by atoms with Crippen LogP contribution in [0.4, 0.5) is 5.82 Å². The normalized spacial score (nSPS) is 9.83. The Morgan fingerprint density at radius 3 is 3.08 bits per heavy atom. The number of aromatic nitrogens is 2. The number of aromatic amines is 1. The quantitative estimate of drug-likeness (QED) is 0.558. The molecule has 0 amide bonds. The van der Waals surface area contributed by atoms with Crippen molar-refractivity contribution in [1.29, 1.82) is 0 Å². The molecule has 1 aromatic heterocycles. The lowest BCUT2D eigenvalue weighted by Gasteiger charge is -2.01. The first-order chi connectivity index (χ1) is 5.76. The van der Waals surface area contributed by atoms with Gasteiger partial charge in [0.05, 0.1) is 0 Å². The third kappa shape index (κ3) is 2.06. The van der Waals surface area contributed by atoms with Gasteiger partial charge in [-0.05, 0) is 6.54 Å². The minimum Gasteiger partial charge on any atom is -0.373 e. The molecule has 0 spiro atoms. The van der Waals surface area contributed by atoms with Crippen LogP contribution in [0, 0.1) is 0 Å². The van der Waals surface area contributed by atoms with Crippen molar-refractivity contribution in [3.63, 3.8) is 0 Å².